The Hall–Kier alpha value is -2.86. The van der Waals surface area contributed by atoms with Gasteiger partial charge in [0.15, 0.2) is 6.10 Å². The average Bonchev–Trinajstić information content (AvgIpc) is 3.32. The molecule has 0 saturated carbocycles. The highest BCUT2D eigenvalue weighted by Gasteiger charge is 2.60. The fraction of sp³-hybridized carbons (Fsp3) is 0.200. The van der Waals surface area contributed by atoms with E-state index < -0.39 is 24.0 Å². The van der Waals surface area contributed by atoms with E-state index in [1.165, 1.54) is 11.6 Å². The van der Waals surface area contributed by atoms with E-state index in [4.69, 9.17) is 28.0 Å². The number of hydrogen-bond donors (Lipinski definition) is 0. The summed E-state index contributed by atoms with van der Waals surface area (Å²) in [6.07, 6.45) is -0.00804. The van der Waals surface area contributed by atoms with E-state index >= 15 is 0 Å². The lowest BCUT2D eigenvalue weighted by Gasteiger charge is -2.29. The molecule has 0 N–H and O–H groups in total. The zero-order valence-corrected chi connectivity index (χ0v) is 18.8. The predicted octanol–water partition coefficient (Wildman–Crippen LogP) is 5.61. The minimum atomic E-state index is -0.923. The van der Waals surface area contributed by atoms with Crippen LogP contribution in [0.25, 0.3) is 0 Å². The van der Waals surface area contributed by atoms with Crippen LogP contribution < -0.4 is 9.96 Å². The van der Waals surface area contributed by atoms with E-state index in [9.17, 15) is 9.59 Å². The van der Waals surface area contributed by atoms with E-state index in [1.807, 2.05) is 54.6 Å². The third-order valence-corrected chi connectivity index (χ3v) is 6.76. The van der Waals surface area contributed by atoms with Crippen LogP contribution in [0.2, 0.25) is 10.0 Å². The molecule has 0 bridgehead atoms. The van der Waals surface area contributed by atoms with Crippen LogP contribution in [0.1, 0.15) is 24.1 Å². The molecule has 162 valence electrons. The van der Waals surface area contributed by atoms with Crippen LogP contribution in [0.3, 0.4) is 0 Å². The summed E-state index contributed by atoms with van der Waals surface area (Å²) in [6, 6.07) is 21.9. The second-order valence-corrected chi connectivity index (χ2v) is 8.68. The van der Waals surface area contributed by atoms with Crippen molar-refractivity contribution in [3.63, 3.8) is 0 Å². The SMILES string of the molecule is CCc1ccc([C@H]2[C@H]3C(=O)N(c4ccc(Cl)c(Cl)c4)C(=O)[C@H]3ON2c2ccccc2)cc1. The zero-order valence-electron chi connectivity index (χ0n) is 17.2. The lowest BCUT2D eigenvalue weighted by atomic mass is 9.90. The molecule has 2 amide bonds. The molecule has 0 spiro atoms. The van der Waals surface area contributed by atoms with Gasteiger partial charge in [-0.2, -0.15) is 0 Å². The number of imide groups is 1. The first-order valence-corrected chi connectivity index (χ1v) is 11.2. The second-order valence-electron chi connectivity index (χ2n) is 7.86. The summed E-state index contributed by atoms with van der Waals surface area (Å²) in [5, 5.41) is 2.33. The maximum Gasteiger partial charge on any atom is 0.266 e. The highest BCUT2D eigenvalue weighted by atomic mass is 35.5. The number of hydroxylamine groups is 1. The molecule has 0 aromatic heterocycles. The predicted molar refractivity (Wildman–Crippen MR) is 125 cm³/mol. The number of rotatable bonds is 4. The van der Waals surface area contributed by atoms with E-state index in [-0.39, 0.29) is 10.9 Å². The number of carbonyl (C=O) groups is 2. The van der Waals surface area contributed by atoms with Crippen molar-refractivity contribution in [2.24, 2.45) is 5.92 Å². The zero-order chi connectivity index (χ0) is 22.4. The number of carbonyl (C=O) groups excluding carboxylic acids is 2. The Morgan fingerprint density at radius 1 is 0.844 bits per heavy atom. The van der Waals surface area contributed by atoms with Gasteiger partial charge in [0.05, 0.1) is 27.5 Å². The standard InChI is InChI=1S/C25H20Cl2N2O3/c1-2-15-8-10-16(11-9-15)22-21-23(32-29(22)17-6-4-3-5-7-17)25(31)28(24(21)30)18-12-13-19(26)20(27)14-18/h3-14,21-23H,2H2,1H3/t21-,22+,23+/m1/s1. The minimum absolute atomic E-state index is 0.278. The van der Waals surface area contributed by atoms with E-state index in [0.717, 1.165) is 22.6 Å². The first-order valence-electron chi connectivity index (χ1n) is 10.4. The lowest BCUT2D eigenvalue weighted by Crippen LogP contribution is -2.37. The molecule has 32 heavy (non-hydrogen) atoms. The Morgan fingerprint density at radius 3 is 2.22 bits per heavy atom. The van der Waals surface area contributed by atoms with Crippen LogP contribution in [-0.4, -0.2) is 17.9 Å². The van der Waals surface area contributed by atoms with Crippen molar-refractivity contribution >= 4 is 46.4 Å². The molecule has 2 heterocycles. The molecule has 3 aromatic carbocycles. The number of hydrogen-bond acceptors (Lipinski definition) is 4. The molecule has 7 heteroatoms. The van der Waals surface area contributed by atoms with E-state index in [1.54, 1.807) is 17.2 Å². The summed E-state index contributed by atoms with van der Waals surface area (Å²) < 4.78 is 0. The summed E-state index contributed by atoms with van der Waals surface area (Å²) in [5.41, 5.74) is 3.28. The van der Waals surface area contributed by atoms with Gasteiger partial charge in [0.1, 0.15) is 5.92 Å². The van der Waals surface area contributed by atoms with Gasteiger partial charge in [-0.1, -0.05) is 72.6 Å². The maximum atomic E-state index is 13.6. The highest BCUT2D eigenvalue weighted by molar-refractivity contribution is 6.42. The van der Waals surface area contributed by atoms with Crippen LogP contribution >= 0.6 is 23.2 Å². The quantitative estimate of drug-likeness (QED) is 0.469. The largest absolute Gasteiger partial charge is 0.273 e. The summed E-state index contributed by atoms with van der Waals surface area (Å²) in [6.45, 7) is 2.09. The Labute approximate surface area is 196 Å². The molecule has 0 radical (unpaired) electrons. The Kier molecular flexibility index (Phi) is 5.41. The molecule has 2 aliphatic rings. The molecular weight excluding hydrogens is 447 g/mol. The van der Waals surface area contributed by atoms with Crippen molar-refractivity contribution in [1.29, 1.82) is 0 Å². The van der Waals surface area contributed by atoms with Gasteiger partial charge in [-0.25, -0.2) is 9.96 Å². The Bertz CT molecular complexity index is 1180. The fourth-order valence-corrected chi connectivity index (χ4v) is 4.67. The van der Waals surface area contributed by atoms with Gasteiger partial charge in [-0.15, -0.1) is 0 Å². The van der Waals surface area contributed by atoms with Crippen LogP contribution in [-0.2, 0) is 20.8 Å². The fourth-order valence-electron chi connectivity index (χ4n) is 4.38. The van der Waals surface area contributed by atoms with E-state index in [0.29, 0.717) is 10.7 Å². The molecule has 3 aromatic rings. The topological polar surface area (TPSA) is 49.9 Å². The van der Waals surface area contributed by atoms with Crippen molar-refractivity contribution in [2.75, 3.05) is 9.96 Å². The van der Waals surface area contributed by atoms with Crippen LogP contribution in [0, 0.1) is 5.92 Å². The number of amides is 2. The molecule has 3 atom stereocenters. The minimum Gasteiger partial charge on any atom is -0.273 e. The second kappa shape index (κ2) is 8.24. The van der Waals surface area contributed by atoms with Gasteiger partial charge in [0, 0.05) is 0 Å². The molecular formula is C25H20Cl2N2O3. The third kappa shape index (κ3) is 3.37. The number of anilines is 2. The van der Waals surface area contributed by atoms with Gasteiger partial charge >= 0.3 is 0 Å². The average molecular weight is 467 g/mol. The number of aryl methyl sites for hydroxylation is 1. The van der Waals surface area contributed by atoms with Crippen molar-refractivity contribution in [2.45, 2.75) is 25.5 Å². The molecule has 5 nitrogen and oxygen atoms in total. The van der Waals surface area contributed by atoms with Crippen molar-refractivity contribution < 1.29 is 14.4 Å². The number of halogens is 2. The molecule has 2 fully saturated rings. The van der Waals surface area contributed by atoms with Crippen molar-refractivity contribution in [3.8, 4) is 0 Å². The van der Waals surface area contributed by atoms with E-state index in [2.05, 4.69) is 6.92 Å². The number of nitrogens with zero attached hydrogens (tertiary/aromatic N) is 2. The Balaban J connectivity index is 1.57. The molecule has 2 saturated heterocycles. The lowest BCUT2D eigenvalue weighted by molar-refractivity contribution is -0.126. The Morgan fingerprint density at radius 2 is 1.56 bits per heavy atom. The van der Waals surface area contributed by atoms with Crippen molar-refractivity contribution in [1.82, 2.24) is 0 Å². The summed E-state index contributed by atoms with van der Waals surface area (Å²) in [4.78, 5) is 34.2. The molecule has 2 aliphatic heterocycles. The third-order valence-electron chi connectivity index (χ3n) is 6.02. The summed E-state index contributed by atoms with van der Waals surface area (Å²) in [7, 11) is 0. The molecule has 0 unspecified atom stereocenters. The van der Waals surface area contributed by atoms with Gasteiger partial charge in [0.2, 0.25) is 5.91 Å². The summed E-state index contributed by atoms with van der Waals surface area (Å²) in [5.74, 6) is -1.42. The van der Waals surface area contributed by atoms with Gasteiger partial charge < -0.3 is 0 Å². The van der Waals surface area contributed by atoms with Crippen LogP contribution in [0.4, 0.5) is 11.4 Å². The molecule has 0 aliphatic carbocycles. The van der Waals surface area contributed by atoms with Gasteiger partial charge in [0.25, 0.3) is 5.91 Å². The monoisotopic (exact) mass is 466 g/mol. The highest BCUT2D eigenvalue weighted by Crippen LogP contribution is 2.47. The van der Waals surface area contributed by atoms with Crippen LogP contribution in [0.15, 0.2) is 72.8 Å². The number of benzene rings is 3. The van der Waals surface area contributed by atoms with Crippen molar-refractivity contribution in [3.05, 3.63) is 94.0 Å². The molecule has 5 rings (SSSR count). The first kappa shape index (κ1) is 21.0. The van der Waals surface area contributed by atoms with Crippen LogP contribution in [0.5, 0.6) is 0 Å². The first-order chi connectivity index (χ1) is 15.5. The van der Waals surface area contributed by atoms with Gasteiger partial charge in [-0.05, 0) is 47.9 Å². The summed E-state index contributed by atoms with van der Waals surface area (Å²) >= 11 is 12.2. The normalized spacial score (nSPS) is 22.5. The number of para-hydroxylation sites is 1. The van der Waals surface area contributed by atoms with Gasteiger partial charge in [-0.3, -0.25) is 14.4 Å². The maximum absolute atomic E-state index is 13.6. The number of fused-ring (bicyclic) bond motifs is 1. The smallest absolute Gasteiger partial charge is 0.266 e.